The number of anilines is 1. The lowest BCUT2D eigenvalue weighted by Gasteiger charge is -1.95. The average Bonchev–Trinajstić information content (AvgIpc) is 1.94. The molecule has 1 heterocycles. The van der Waals surface area contributed by atoms with Gasteiger partial charge < -0.3 is 10.8 Å². The van der Waals surface area contributed by atoms with Crippen LogP contribution in [-0.2, 0) is 0 Å². The normalized spacial score (nSPS) is 9.55. The molecule has 0 spiro atoms. The molecule has 0 aliphatic carbocycles. The van der Waals surface area contributed by atoms with Gasteiger partial charge in [-0.3, -0.25) is 0 Å². The number of aromatic nitrogens is 2. The summed E-state index contributed by atoms with van der Waals surface area (Å²) in [7, 11) is 0. The first-order chi connectivity index (χ1) is 5.11. The zero-order chi connectivity index (χ0) is 8.43. The van der Waals surface area contributed by atoms with E-state index in [0.717, 1.165) is 6.20 Å². The molecular formula is C5H4FN3O2. The molecule has 1 aromatic rings. The molecule has 58 valence electrons. The molecule has 0 saturated carbocycles. The van der Waals surface area contributed by atoms with E-state index in [4.69, 9.17) is 10.8 Å². The maximum Gasteiger partial charge on any atom is 0.358 e. The first kappa shape index (κ1) is 7.39. The lowest BCUT2D eigenvalue weighted by atomic mass is 10.4. The number of carboxylic acid groups (broad SMARTS) is 1. The van der Waals surface area contributed by atoms with Crippen LogP contribution in [0.15, 0.2) is 6.20 Å². The second kappa shape index (κ2) is 2.49. The number of hydrogen-bond donors (Lipinski definition) is 2. The fraction of sp³-hybridized carbons (Fsp3) is 0. The van der Waals surface area contributed by atoms with Crippen molar-refractivity contribution in [2.24, 2.45) is 0 Å². The fourth-order valence-corrected chi connectivity index (χ4v) is 0.534. The van der Waals surface area contributed by atoms with Crippen molar-refractivity contribution in [3.05, 3.63) is 17.8 Å². The minimum Gasteiger partial charge on any atom is -0.476 e. The molecule has 0 aliphatic heterocycles. The van der Waals surface area contributed by atoms with Gasteiger partial charge in [-0.2, -0.15) is 4.39 Å². The third-order valence-electron chi connectivity index (χ3n) is 0.974. The van der Waals surface area contributed by atoms with Gasteiger partial charge in [0, 0.05) is 0 Å². The predicted molar refractivity (Wildman–Crippen MR) is 33.4 cm³/mol. The molecule has 0 aromatic carbocycles. The van der Waals surface area contributed by atoms with Crippen LogP contribution in [-0.4, -0.2) is 21.0 Å². The monoisotopic (exact) mass is 157 g/mol. The number of carboxylic acids is 1. The molecule has 0 radical (unpaired) electrons. The van der Waals surface area contributed by atoms with Crippen LogP contribution in [0.2, 0.25) is 0 Å². The van der Waals surface area contributed by atoms with Crippen LogP contribution in [0.1, 0.15) is 10.5 Å². The quantitative estimate of drug-likeness (QED) is 0.593. The van der Waals surface area contributed by atoms with E-state index in [2.05, 4.69) is 9.97 Å². The largest absolute Gasteiger partial charge is 0.476 e. The van der Waals surface area contributed by atoms with E-state index in [9.17, 15) is 9.18 Å². The van der Waals surface area contributed by atoms with E-state index < -0.39 is 17.6 Å². The average molecular weight is 157 g/mol. The summed E-state index contributed by atoms with van der Waals surface area (Å²) in [5, 5.41) is 8.34. The van der Waals surface area contributed by atoms with Crippen LogP contribution < -0.4 is 5.73 Å². The van der Waals surface area contributed by atoms with Gasteiger partial charge >= 0.3 is 5.97 Å². The third kappa shape index (κ3) is 1.40. The number of hydrogen-bond acceptors (Lipinski definition) is 4. The van der Waals surface area contributed by atoms with E-state index in [0.29, 0.717) is 0 Å². The highest BCUT2D eigenvalue weighted by Crippen LogP contribution is 2.03. The van der Waals surface area contributed by atoms with Gasteiger partial charge in [0.05, 0.1) is 6.20 Å². The number of nitrogens with two attached hydrogens (primary N) is 1. The number of rotatable bonds is 1. The summed E-state index contributed by atoms with van der Waals surface area (Å²) >= 11 is 0. The van der Waals surface area contributed by atoms with Crippen molar-refractivity contribution in [3.63, 3.8) is 0 Å². The zero-order valence-electron chi connectivity index (χ0n) is 5.28. The summed E-state index contributed by atoms with van der Waals surface area (Å²) in [5.41, 5.74) is 4.50. The SMILES string of the molecule is Nc1ncc(F)nc1C(=O)O. The molecule has 11 heavy (non-hydrogen) atoms. The summed E-state index contributed by atoms with van der Waals surface area (Å²) in [4.78, 5) is 16.5. The summed E-state index contributed by atoms with van der Waals surface area (Å²) in [5.74, 6) is -2.65. The lowest BCUT2D eigenvalue weighted by molar-refractivity contribution is 0.0690. The number of halogens is 1. The van der Waals surface area contributed by atoms with Crippen molar-refractivity contribution in [1.29, 1.82) is 0 Å². The summed E-state index contributed by atoms with van der Waals surface area (Å²) < 4.78 is 12.2. The Balaban J connectivity index is 3.23. The molecule has 0 aliphatic rings. The molecule has 1 aromatic heterocycles. The Morgan fingerprint density at radius 3 is 2.82 bits per heavy atom. The Morgan fingerprint density at radius 2 is 2.36 bits per heavy atom. The maximum absolute atomic E-state index is 12.2. The molecule has 0 saturated heterocycles. The van der Waals surface area contributed by atoms with Crippen LogP contribution in [0, 0.1) is 5.95 Å². The maximum atomic E-state index is 12.2. The second-order valence-corrected chi connectivity index (χ2v) is 1.73. The van der Waals surface area contributed by atoms with Crippen LogP contribution in [0.5, 0.6) is 0 Å². The van der Waals surface area contributed by atoms with Gasteiger partial charge in [0.2, 0.25) is 5.95 Å². The van der Waals surface area contributed by atoms with Gasteiger partial charge in [0.25, 0.3) is 0 Å². The lowest BCUT2D eigenvalue weighted by Crippen LogP contribution is -2.08. The Bertz CT molecular complexity index is 302. The highest BCUT2D eigenvalue weighted by Gasteiger charge is 2.11. The Kier molecular flexibility index (Phi) is 1.67. The van der Waals surface area contributed by atoms with Crippen molar-refractivity contribution in [2.75, 3.05) is 5.73 Å². The van der Waals surface area contributed by atoms with Crippen molar-refractivity contribution in [3.8, 4) is 0 Å². The molecule has 0 unspecified atom stereocenters. The minimum atomic E-state index is -1.39. The number of nitrogen functional groups attached to an aromatic ring is 1. The number of carbonyl (C=O) groups is 1. The van der Waals surface area contributed by atoms with Gasteiger partial charge in [-0.1, -0.05) is 0 Å². The highest BCUT2D eigenvalue weighted by atomic mass is 19.1. The van der Waals surface area contributed by atoms with Gasteiger partial charge in [0.1, 0.15) is 0 Å². The number of aromatic carboxylic acids is 1. The summed E-state index contributed by atoms with van der Waals surface area (Å²) in [6.45, 7) is 0. The van der Waals surface area contributed by atoms with Crippen LogP contribution in [0.3, 0.4) is 0 Å². The van der Waals surface area contributed by atoms with Gasteiger partial charge in [-0.05, 0) is 0 Å². The van der Waals surface area contributed by atoms with E-state index in [1.165, 1.54) is 0 Å². The van der Waals surface area contributed by atoms with E-state index in [-0.39, 0.29) is 5.82 Å². The van der Waals surface area contributed by atoms with Crippen LogP contribution >= 0.6 is 0 Å². The van der Waals surface area contributed by atoms with Crippen LogP contribution in [0.4, 0.5) is 10.2 Å². The zero-order valence-corrected chi connectivity index (χ0v) is 5.28. The van der Waals surface area contributed by atoms with Crippen molar-refractivity contribution in [2.45, 2.75) is 0 Å². The molecule has 0 bridgehead atoms. The van der Waals surface area contributed by atoms with Gasteiger partial charge in [-0.15, -0.1) is 0 Å². The molecule has 0 fully saturated rings. The van der Waals surface area contributed by atoms with Crippen molar-refractivity contribution in [1.82, 2.24) is 9.97 Å². The molecule has 0 amide bonds. The van der Waals surface area contributed by atoms with E-state index >= 15 is 0 Å². The Morgan fingerprint density at radius 1 is 1.73 bits per heavy atom. The summed E-state index contributed by atoms with van der Waals surface area (Å²) in [6, 6.07) is 0. The Hall–Kier alpha value is -1.72. The predicted octanol–water partition coefficient (Wildman–Crippen LogP) is -0.104. The topological polar surface area (TPSA) is 89.1 Å². The van der Waals surface area contributed by atoms with Gasteiger partial charge in [-0.25, -0.2) is 14.8 Å². The first-order valence-corrected chi connectivity index (χ1v) is 2.62. The first-order valence-electron chi connectivity index (χ1n) is 2.62. The minimum absolute atomic E-state index is 0.293. The highest BCUT2D eigenvalue weighted by molar-refractivity contribution is 5.89. The Labute approximate surface area is 60.7 Å². The molecule has 0 atom stereocenters. The molecule has 6 heteroatoms. The smallest absolute Gasteiger partial charge is 0.358 e. The molecule has 1 rings (SSSR count). The fourth-order valence-electron chi connectivity index (χ4n) is 0.534. The van der Waals surface area contributed by atoms with Crippen LogP contribution in [0.25, 0.3) is 0 Å². The molecule has 5 nitrogen and oxygen atoms in total. The van der Waals surface area contributed by atoms with Crippen molar-refractivity contribution >= 4 is 11.8 Å². The third-order valence-corrected chi connectivity index (χ3v) is 0.974. The van der Waals surface area contributed by atoms with E-state index in [1.807, 2.05) is 0 Å². The van der Waals surface area contributed by atoms with E-state index in [1.54, 1.807) is 0 Å². The summed E-state index contributed by atoms with van der Waals surface area (Å²) in [6.07, 6.45) is 0.752. The molecular weight excluding hydrogens is 153 g/mol. The second-order valence-electron chi connectivity index (χ2n) is 1.73. The van der Waals surface area contributed by atoms with Crippen molar-refractivity contribution < 1.29 is 14.3 Å². The number of nitrogens with zero attached hydrogens (tertiary/aromatic N) is 2. The van der Waals surface area contributed by atoms with Gasteiger partial charge in [0.15, 0.2) is 11.5 Å². The molecule has 3 N–H and O–H groups in total. The standard InChI is InChI=1S/C5H4FN3O2/c6-2-1-8-4(7)3(9-2)5(10)11/h1H,(H2,7,8)(H,10,11).